The molecule has 0 radical (unpaired) electrons. The average molecular weight is 347 g/mol. The van der Waals surface area contributed by atoms with E-state index < -0.39 is 0 Å². The van der Waals surface area contributed by atoms with E-state index in [-0.39, 0.29) is 11.8 Å². The fourth-order valence-corrected chi connectivity index (χ4v) is 2.32. The second-order valence-electron chi connectivity index (χ2n) is 4.62. The molecule has 4 nitrogen and oxygen atoms in total. The highest BCUT2D eigenvalue weighted by molar-refractivity contribution is 9.10. The number of halogens is 1. The van der Waals surface area contributed by atoms with Gasteiger partial charge in [-0.1, -0.05) is 28.1 Å². The molecule has 0 aliphatic heterocycles. The molecular weight excluding hydrogens is 332 g/mol. The smallest absolute Gasteiger partial charge is 0.255 e. The fourth-order valence-electron chi connectivity index (χ4n) is 1.92. The molecule has 5 heteroatoms. The first-order chi connectivity index (χ1) is 9.97. The minimum atomic E-state index is -0.195. The molecular formula is C16H15BrN2O2. The largest absolute Gasteiger partial charge is 0.326 e. The SMILES string of the molecule is CC(=O)Nc1cccc(NC(=O)c2cccc(Br)c2)c1C. The quantitative estimate of drug-likeness (QED) is 0.883. The van der Waals surface area contributed by atoms with Crippen molar-refractivity contribution in [3.8, 4) is 0 Å². The van der Waals surface area contributed by atoms with Crippen molar-refractivity contribution in [3.05, 3.63) is 58.1 Å². The van der Waals surface area contributed by atoms with Crippen LogP contribution in [-0.2, 0) is 4.79 Å². The van der Waals surface area contributed by atoms with Crippen molar-refractivity contribution >= 4 is 39.1 Å². The van der Waals surface area contributed by atoms with Gasteiger partial charge in [0, 0.05) is 28.3 Å². The first-order valence-electron chi connectivity index (χ1n) is 6.41. The van der Waals surface area contributed by atoms with Gasteiger partial charge in [0.2, 0.25) is 5.91 Å². The molecule has 0 atom stereocenters. The molecule has 2 N–H and O–H groups in total. The second kappa shape index (κ2) is 6.54. The number of hydrogen-bond acceptors (Lipinski definition) is 2. The van der Waals surface area contributed by atoms with Crippen LogP contribution < -0.4 is 10.6 Å². The minimum absolute atomic E-state index is 0.145. The number of nitrogens with one attached hydrogen (secondary N) is 2. The van der Waals surface area contributed by atoms with E-state index in [0.29, 0.717) is 16.9 Å². The van der Waals surface area contributed by atoms with Crippen molar-refractivity contribution in [2.24, 2.45) is 0 Å². The van der Waals surface area contributed by atoms with E-state index in [4.69, 9.17) is 0 Å². The predicted molar refractivity (Wildman–Crippen MR) is 87.6 cm³/mol. The Balaban J connectivity index is 2.23. The maximum atomic E-state index is 12.2. The first-order valence-corrected chi connectivity index (χ1v) is 7.21. The molecule has 0 heterocycles. The molecule has 2 rings (SSSR count). The van der Waals surface area contributed by atoms with Crippen LogP contribution in [-0.4, -0.2) is 11.8 Å². The third-order valence-electron chi connectivity index (χ3n) is 2.98. The van der Waals surface area contributed by atoms with Gasteiger partial charge >= 0.3 is 0 Å². The Morgan fingerprint density at radius 2 is 1.62 bits per heavy atom. The van der Waals surface area contributed by atoms with E-state index in [1.165, 1.54) is 6.92 Å². The Labute approximate surface area is 131 Å². The molecule has 0 unspecified atom stereocenters. The van der Waals surface area contributed by atoms with Gasteiger partial charge in [-0.2, -0.15) is 0 Å². The summed E-state index contributed by atoms with van der Waals surface area (Å²) in [5, 5.41) is 5.59. The zero-order chi connectivity index (χ0) is 15.4. The van der Waals surface area contributed by atoms with Crippen molar-refractivity contribution in [1.82, 2.24) is 0 Å². The monoisotopic (exact) mass is 346 g/mol. The first kappa shape index (κ1) is 15.3. The summed E-state index contributed by atoms with van der Waals surface area (Å²) >= 11 is 3.34. The predicted octanol–water partition coefficient (Wildman–Crippen LogP) is 3.97. The zero-order valence-corrected chi connectivity index (χ0v) is 13.3. The Morgan fingerprint density at radius 3 is 2.24 bits per heavy atom. The van der Waals surface area contributed by atoms with Crippen LogP contribution >= 0.6 is 15.9 Å². The number of anilines is 2. The maximum absolute atomic E-state index is 12.2. The van der Waals surface area contributed by atoms with Crippen LogP contribution in [0.15, 0.2) is 46.9 Å². The van der Waals surface area contributed by atoms with E-state index >= 15 is 0 Å². The van der Waals surface area contributed by atoms with Gasteiger partial charge in [-0.25, -0.2) is 0 Å². The topological polar surface area (TPSA) is 58.2 Å². The number of hydrogen-bond donors (Lipinski definition) is 2. The molecule has 2 aromatic rings. The van der Waals surface area contributed by atoms with E-state index in [1.54, 1.807) is 36.4 Å². The molecule has 0 fully saturated rings. The molecule has 2 amide bonds. The molecule has 0 spiro atoms. The van der Waals surface area contributed by atoms with Gasteiger partial charge in [-0.15, -0.1) is 0 Å². The molecule has 0 aliphatic rings. The highest BCUT2D eigenvalue weighted by Crippen LogP contribution is 2.24. The van der Waals surface area contributed by atoms with Crippen LogP contribution in [0.3, 0.4) is 0 Å². The van der Waals surface area contributed by atoms with Crippen LogP contribution in [0.25, 0.3) is 0 Å². The number of rotatable bonds is 3. The van der Waals surface area contributed by atoms with Gasteiger partial charge in [0.1, 0.15) is 0 Å². The average Bonchev–Trinajstić information content (AvgIpc) is 2.42. The highest BCUT2D eigenvalue weighted by Gasteiger charge is 2.10. The molecule has 0 aliphatic carbocycles. The molecule has 0 bridgehead atoms. The van der Waals surface area contributed by atoms with Crippen LogP contribution in [0, 0.1) is 6.92 Å². The molecule has 0 aromatic heterocycles. The third-order valence-corrected chi connectivity index (χ3v) is 3.47. The van der Waals surface area contributed by atoms with Crippen molar-refractivity contribution < 1.29 is 9.59 Å². The molecule has 2 aromatic carbocycles. The van der Waals surface area contributed by atoms with Crippen LogP contribution in [0.1, 0.15) is 22.8 Å². The second-order valence-corrected chi connectivity index (χ2v) is 5.54. The van der Waals surface area contributed by atoms with Crippen LogP contribution in [0.2, 0.25) is 0 Å². The van der Waals surface area contributed by atoms with E-state index in [9.17, 15) is 9.59 Å². The van der Waals surface area contributed by atoms with Crippen LogP contribution in [0.4, 0.5) is 11.4 Å². The number of amides is 2. The Hall–Kier alpha value is -2.14. The minimum Gasteiger partial charge on any atom is -0.326 e. The van der Waals surface area contributed by atoms with Gasteiger partial charge in [0.15, 0.2) is 0 Å². The summed E-state index contributed by atoms with van der Waals surface area (Å²) in [6, 6.07) is 12.5. The molecule has 0 saturated carbocycles. The molecule has 108 valence electrons. The lowest BCUT2D eigenvalue weighted by Gasteiger charge is -2.12. The standard InChI is InChI=1S/C16H15BrN2O2/c1-10-14(18-11(2)20)7-4-8-15(10)19-16(21)12-5-3-6-13(17)9-12/h3-9H,1-2H3,(H,18,20)(H,19,21). The maximum Gasteiger partial charge on any atom is 0.255 e. The number of carbonyl (C=O) groups is 2. The summed E-state index contributed by atoms with van der Waals surface area (Å²) < 4.78 is 0.846. The summed E-state index contributed by atoms with van der Waals surface area (Å²) in [5.74, 6) is -0.340. The van der Waals surface area contributed by atoms with Crippen molar-refractivity contribution in [2.45, 2.75) is 13.8 Å². The summed E-state index contributed by atoms with van der Waals surface area (Å²) in [6.45, 7) is 3.30. The van der Waals surface area contributed by atoms with Gasteiger partial charge < -0.3 is 10.6 Å². The lowest BCUT2D eigenvalue weighted by molar-refractivity contribution is -0.114. The normalized spacial score (nSPS) is 10.0. The van der Waals surface area contributed by atoms with E-state index in [0.717, 1.165) is 10.0 Å². The van der Waals surface area contributed by atoms with E-state index in [1.807, 2.05) is 13.0 Å². The van der Waals surface area contributed by atoms with E-state index in [2.05, 4.69) is 26.6 Å². The summed E-state index contributed by atoms with van der Waals surface area (Å²) in [5.41, 5.74) is 2.74. The third kappa shape index (κ3) is 3.92. The zero-order valence-electron chi connectivity index (χ0n) is 11.7. The van der Waals surface area contributed by atoms with Gasteiger partial charge in [0.25, 0.3) is 5.91 Å². The van der Waals surface area contributed by atoms with Gasteiger partial charge in [-0.3, -0.25) is 9.59 Å². The lowest BCUT2D eigenvalue weighted by atomic mass is 10.1. The number of benzene rings is 2. The van der Waals surface area contributed by atoms with Gasteiger partial charge in [0.05, 0.1) is 0 Å². The summed E-state index contributed by atoms with van der Waals surface area (Å²) in [4.78, 5) is 23.4. The van der Waals surface area contributed by atoms with Gasteiger partial charge in [-0.05, 0) is 42.8 Å². The summed E-state index contributed by atoms with van der Waals surface area (Å²) in [7, 11) is 0. The molecule has 21 heavy (non-hydrogen) atoms. The highest BCUT2D eigenvalue weighted by atomic mass is 79.9. The summed E-state index contributed by atoms with van der Waals surface area (Å²) in [6.07, 6.45) is 0. The molecule has 0 saturated heterocycles. The lowest BCUT2D eigenvalue weighted by Crippen LogP contribution is -2.14. The Morgan fingerprint density at radius 1 is 1.00 bits per heavy atom. The Bertz CT molecular complexity index is 698. The Kier molecular flexibility index (Phi) is 4.75. The number of carbonyl (C=O) groups excluding carboxylic acids is 2. The van der Waals surface area contributed by atoms with Crippen molar-refractivity contribution in [3.63, 3.8) is 0 Å². The fraction of sp³-hybridized carbons (Fsp3) is 0.125. The van der Waals surface area contributed by atoms with Crippen LogP contribution in [0.5, 0.6) is 0 Å². The van der Waals surface area contributed by atoms with Crippen molar-refractivity contribution in [1.29, 1.82) is 0 Å². The van der Waals surface area contributed by atoms with Crippen molar-refractivity contribution in [2.75, 3.05) is 10.6 Å².